The van der Waals surface area contributed by atoms with Crippen molar-refractivity contribution in [3.05, 3.63) is 29.7 Å². The number of hydrogen-bond acceptors (Lipinski definition) is 2. The molecule has 2 saturated carbocycles. The van der Waals surface area contributed by atoms with E-state index in [1.807, 2.05) is 0 Å². The summed E-state index contributed by atoms with van der Waals surface area (Å²) in [6.07, 6.45) is 12.9. The second kappa shape index (κ2) is 6.08. The van der Waals surface area contributed by atoms with Crippen molar-refractivity contribution >= 4 is 6.08 Å². The third-order valence-electron chi connectivity index (χ3n) is 6.84. The van der Waals surface area contributed by atoms with Crippen molar-refractivity contribution in [2.24, 2.45) is 23.2 Å². The molecule has 3 aliphatic carbocycles. The highest BCUT2D eigenvalue weighted by Gasteiger charge is 2.52. The third kappa shape index (κ3) is 2.48. The highest BCUT2D eigenvalue weighted by atomic mass is 19.1. The van der Waals surface area contributed by atoms with Crippen LogP contribution in [0.25, 0.3) is 6.08 Å². The van der Waals surface area contributed by atoms with Gasteiger partial charge in [0.25, 0.3) is 0 Å². The fraction of sp³-hybridized carbons (Fsp3) is 0.700. The van der Waals surface area contributed by atoms with Crippen LogP contribution in [-0.2, 0) is 4.74 Å². The number of rotatable bonds is 4. The van der Waals surface area contributed by atoms with E-state index in [2.05, 4.69) is 18.2 Å². The van der Waals surface area contributed by atoms with Gasteiger partial charge in [-0.1, -0.05) is 12.5 Å². The molecular formula is C20H27FO2. The normalized spacial score (nSPS) is 38.7. The standard InChI is InChI=1S/C20H27FO2/c1-22-10-7-14-2-4-18-16-3-5-19-17(8-11-23-19)15(16)6-9-20(18,12-14)13-21/h3,5,8,11,14-16,18H,2,4,6-7,9-10,12-13H2,1H3. The summed E-state index contributed by atoms with van der Waals surface area (Å²) in [6.45, 7) is 0.651. The number of alkyl halides is 1. The maximum atomic E-state index is 14.2. The molecule has 0 saturated heterocycles. The smallest absolute Gasteiger partial charge is 0.129 e. The van der Waals surface area contributed by atoms with Crippen LogP contribution in [0.2, 0.25) is 0 Å². The Morgan fingerprint density at radius 2 is 2.26 bits per heavy atom. The van der Waals surface area contributed by atoms with Crippen molar-refractivity contribution < 1.29 is 13.5 Å². The van der Waals surface area contributed by atoms with E-state index in [-0.39, 0.29) is 12.1 Å². The van der Waals surface area contributed by atoms with E-state index in [4.69, 9.17) is 9.15 Å². The van der Waals surface area contributed by atoms with E-state index in [1.165, 1.54) is 12.0 Å². The van der Waals surface area contributed by atoms with Crippen LogP contribution in [0.4, 0.5) is 4.39 Å². The molecule has 126 valence electrons. The number of allylic oxidation sites excluding steroid dienone is 1. The molecule has 1 heterocycles. The summed E-state index contributed by atoms with van der Waals surface area (Å²) in [5, 5.41) is 0. The maximum Gasteiger partial charge on any atom is 0.129 e. The first-order valence-electron chi connectivity index (χ1n) is 9.08. The SMILES string of the molecule is COCCC1CCC2C3C=Cc4occc4C3CCC2(CF)C1. The summed E-state index contributed by atoms with van der Waals surface area (Å²) >= 11 is 0. The Labute approximate surface area is 138 Å². The van der Waals surface area contributed by atoms with E-state index in [1.54, 1.807) is 13.4 Å². The van der Waals surface area contributed by atoms with Gasteiger partial charge in [0.15, 0.2) is 0 Å². The number of furan rings is 1. The summed E-state index contributed by atoms with van der Waals surface area (Å²) in [6, 6.07) is 2.13. The first kappa shape index (κ1) is 15.4. The van der Waals surface area contributed by atoms with Gasteiger partial charge >= 0.3 is 0 Å². The Bertz CT molecular complexity index is 578. The number of fused-ring (bicyclic) bond motifs is 5. The van der Waals surface area contributed by atoms with Crippen molar-refractivity contribution in [2.45, 2.75) is 44.4 Å². The number of halogens is 1. The van der Waals surface area contributed by atoms with Crippen LogP contribution in [0.1, 0.15) is 55.8 Å². The van der Waals surface area contributed by atoms with Crippen molar-refractivity contribution in [3.8, 4) is 0 Å². The first-order chi connectivity index (χ1) is 11.3. The quantitative estimate of drug-likeness (QED) is 0.760. The van der Waals surface area contributed by atoms with E-state index in [9.17, 15) is 4.39 Å². The van der Waals surface area contributed by atoms with Crippen molar-refractivity contribution in [1.82, 2.24) is 0 Å². The molecule has 0 radical (unpaired) electrons. The lowest BCUT2D eigenvalue weighted by Gasteiger charge is -2.54. The molecule has 2 nitrogen and oxygen atoms in total. The molecule has 0 aromatic carbocycles. The second-order valence-electron chi connectivity index (χ2n) is 7.85. The minimum Gasteiger partial charge on any atom is -0.465 e. The molecule has 0 N–H and O–H groups in total. The molecule has 2 fully saturated rings. The Kier molecular flexibility index (Phi) is 4.08. The summed E-state index contributed by atoms with van der Waals surface area (Å²) in [5.74, 6) is 3.18. The molecule has 1 aromatic heterocycles. The van der Waals surface area contributed by atoms with E-state index >= 15 is 0 Å². The maximum absolute atomic E-state index is 14.2. The monoisotopic (exact) mass is 318 g/mol. The van der Waals surface area contributed by atoms with Crippen LogP contribution in [0.5, 0.6) is 0 Å². The van der Waals surface area contributed by atoms with Gasteiger partial charge < -0.3 is 9.15 Å². The van der Waals surface area contributed by atoms with Crippen molar-refractivity contribution in [3.63, 3.8) is 0 Å². The molecular weight excluding hydrogens is 291 g/mol. The van der Waals surface area contributed by atoms with Gasteiger partial charge in [-0.25, -0.2) is 0 Å². The van der Waals surface area contributed by atoms with Crippen LogP contribution < -0.4 is 0 Å². The Morgan fingerprint density at radius 1 is 1.35 bits per heavy atom. The summed E-state index contributed by atoms with van der Waals surface area (Å²) in [4.78, 5) is 0. The second-order valence-corrected chi connectivity index (χ2v) is 7.85. The van der Waals surface area contributed by atoms with Gasteiger partial charge in [0.05, 0.1) is 12.9 Å². The predicted octanol–water partition coefficient (Wildman–Crippen LogP) is 5.21. The van der Waals surface area contributed by atoms with Crippen molar-refractivity contribution in [2.75, 3.05) is 20.4 Å². The van der Waals surface area contributed by atoms with Crippen LogP contribution in [0.15, 0.2) is 22.8 Å². The lowest BCUT2D eigenvalue weighted by atomic mass is 9.50. The Balaban J connectivity index is 1.58. The topological polar surface area (TPSA) is 22.4 Å². The Hall–Kier alpha value is -1.09. The Morgan fingerprint density at radius 3 is 3.09 bits per heavy atom. The largest absolute Gasteiger partial charge is 0.465 e. The average Bonchev–Trinajstić information content (AvgIpc) is 3.08. The first-order valence-corrected chi connectivity index (χ1v) is 9.08. The average molecular weight is 318 g/mol. The zero-order valence-corrected chi connectivity index (χ0v) is 14.0. The third-order valence-corrected chi connectivity index (χ3v) is 6.84. The van der Waals surface area contributed by atoms with Crippen LogP contribution >= 0.6 is 0 Å². The van der Waals surface area contributed by atoms with Gasteiger partial charge in [-0.3, -0.25) is 4.39 Å². The molecule has 4 rings (SSSR count). The van der Waals surface area contributed by atoms with Gasteiger partial charge in [-0.05, 0) is 67.9 Å². The number of hydrogen-bond donors (Lipinski definition) is 0. The zero-order valence-electron chi connectivity index (χ0n) is 14.0. The molecule has 0 bridgehead atoms. The van der Waals surface area contributed by atoms with Crippen LogP contribution in [-0.4, -0.2) is 20.4 Å². The highest BCUT2D eigenvalue weighted by molar-refractivity contribution is 5.53. The fourth-order valence-corrected chi connectivity index (χ4v) is 5.71. The molecule has 0 aliphatic heterocycles. The minimum absolute atomic E-state index is 0.0938. The van der Waals surface area contributed by atoms with E-state index in [0.29, 0.717) is 23.7 Å². The minimum atomic E-state index is -0.156. The van der Waals surface area contributed by atoms with Gasteiger partial charge in [0, 0.05) is 24.7 Å². The molecule has 0 spiro atoms. The molecule has 3 aliphatic rings. The lowest BCUT2D eigenvalue weighted by molar-refractivity contribution is -0.0400. The molecule has 23 heavy (non-hydrogen) atoms. The molecule has 5 unspecified atom stereocenters. The van der Waals surface area contributed by atoms with Crippen LogP contribution in [0.3, 0.4) is 0 Å². The van der Waals surface area contributed by atoms with E-state index in [0.717, 1.165) is 44.5 Å². The number of methoxy groups -OCH3 is 1. The molecule has 5 atom stereocenters. The lowest BCUT2D eigenvalue weighted by Crippen LogP contribution is -2.47. The fourth-order valence-electron chi connectivity index (χ4n) is 5.71. The molecule has 0 amide bonds. The highest BCUT2D eigenvalue weighted by Crippen LogP contribution is 2.60. The van der Waals surface area contributed by atoms with Gasteiger partial charge in [0.2, 0.25) is 0 Å². The zero-order chi connectivity index (χ0) is 15.9. The van der Waals surface area contributed by atoms with Gasteiger partial charge in [-0.2, -0.15) is 0 Å². The predicted molar refractivity (Wildman–Crippen MR) is 88.9 cm³/mol. The summed E-state index contributed by atoms with van der Waals surface area (Å²) in [7, 11) is 1.76. The number of ether oxygens (including phenoxy) is 1. The van der Waals surface area contributed by atoms with Gasteiger partial charge in [-0.15, -0.1) is 0 Å². The van der Waals surface area contributed by atoms with Crippen molar-refractivity contribution in [1.29, 1.82) is 0 Å². The van der Waals surface area contributed by atoms with E-state index < -0.39 is 0 Å². The van der Waals surface area contributed by atoms with Crippen LogP contribution in [0, 0.1) is 23.2 Å². The molecule has 3 heteroatoms. The molecule has 1 aromatic rings. The summed E-state index contributed by atoms with van der Waals surface area (Å²) in [5.41, 5.74) is 1.26. The summed E-state index contributed by atoms with van der Waals surface area (Å²) < 4.78 is 25.0. The van der Waals surface area contributed by atoms with Gasteiger partial charge in [0.1, 0.15) is 5.76 Å².